The summed E-state index contributed by atoms with van der Waals surface area (Å²) in [4.78, 5) is 18.6. The zero-order chi connectivity index (χ0) is 19.4. The summed E-state index contributed by atoms with van der Waals surface area (Å²) in [6, 6.07) is 10.8. The molecule has 1 aliphatic carbocycles. The molecule has 2 aliphatic rings. The first kappa shape index (κ1) is 19.5. The number of amides is 1. The Kier molecular flexibility index (Phi) is 5.92. The predicted octanol–water partition coefficient (Wildman–Crippen LogP) is 2.96. The van der Waals surface area contributed by atoms with Crippen molar-refractivity contribution in [2.24, 2.45) is 10.9 Å². The third-order valence-corrected chi connectivity index (χ3v) is 5.09. The molecule has 1 saturated heterocycles. The Bertz CT molecular complexity index is 669. The Morgan fingerprint density at radius 2 is 2.04 bits per heavy atom. The second-order valence-corrected chi connectivity index (χ2v) is 8.52. The SMILES string of the molecule is CN=C(NCC1CC1c1ccccc1)N1CCC(NC(=O)OC(C)(C)C)C1. The molecule has 0 spiro atoms. The van der Waals surface area contributed by atoms with Gasteiger partial charge in [-0.1, -0.05) is 30.3 Å². The number of likely N-dealkylation sites (tertiary alicyclic amines) is 1. The number of guanidine groups is 1. The molecule has 2 N–H and O–H groups in total. The van der Waals surface area contributed by atoms with Crippen LogP contribution in [0.4, 0.5) is 4.79 Å². The van der Waals surface area contributed by atoms with Crippen LogP contribution in [0.15, 0.2) is 35.3 Å². The number of hydrogen-bond donors (Lipinski definition) is 2. The fourth-order valence-electron chi connectivity index (χ4n) is 3.68. The normalized spacial score (nSPS) is 25.3. The highest BCUT2D eigenvalue weighted by Gasteiger charge is 2.38. The minimum absolute atomic E-state index is 0.0939. The summed E-state index contributed by atoms with van der Waals surface area (Å²) in [7, 11) is 1.82. The first-order valence-electron chi connectivity index (χ1n) is 9.86. The molecule has 0 bridgehead atoms. The van der Waals surface area contributed by atoms with Gasteiger partial charge in [-0.25, -0.2) is 4.79 Å². The second-order valence-electron chi connectivity index (χ2n) is 8.52. The first-order chi connectivity index (χ1) is 12.9. The Hall–Kier alpha value is -2.24. The summed E-state index contributed by atoms with van der Waals surface area (Å²) >= 11 is 0. The van der Waals surface area contributed by atoms with Gasteiger partial charge in [0.15, 0.2) is 5.96 Å². The second kappa shape index (κ2) is 8.19. The molecule has 1 saturated carbocycles. The van der Waals surface area contributed by atoms with Crippen LogP contribution in [0.3, 0.4) is 0 Å². The molecule has 1 aromatic rings. The molecule has 0 radical (unpaired) electrons. The predicted molar refractivity (Wildman–Crippen MR) is 108 cm³/mol. The maximum absolute atomic E-state index is 12.0. The van der Waals surface area contributed by atoms with E-state index in [-0.39, 0.29) is 12.1 Å². The zero-order valence-electron chi connectivity index (χ0n) is 16.9. The van der Waals surface area contributed by atoms with Crippen LogP contribution in [0.5, 0.6) is 0 Å². The topological polar surface area (TPSA) is 66.0 Å². The summed E-state index contributed by atoms with van der Waals surface area (Å²) in [5.74, 6) is 2.25. The van der Waals surface area contributed by atoms with E-state index in [1.54, 1.807) is 0 Å². The third kappa shape index (κ3) is 5.62. The highest BCUT2D eigenvalue weighted by molar-refractivity contribution is 5.80. The van der Waals surface area contributed by atoms with Gasteiger partial charge >= 0.3 is 6.09 Å². The minimum atomic E-state index is -0.473. The van der Waals surface area contributed by atoms with E-state index >= 15 is 0 Å². The highest BCUT2D eigenvalue weighted by atomic mass is 16.6. The lowest BCUT2D eigenvalue weighted by Gasteiger charge is -2.23. The van der Waals surface area contributed by atoms with Crippen molar-refractivity contribution in [3.63, 3.8) is 0 Å². The van der Waals surface area contributed by atoms with Gasteiger partial charge < -0.3 is 20.3 Å². The van der Waals surface area contributed by atoms with Crippen LogP contribution >= 0.6 is 0 Å². The smallest absolute Gasteiger partial charge is 0.407 e. The lowest BCUT2D eigenvalue weighted by molar-refractivity contribution is 0.0507. The number of alkyl carbamates (subject to hydrolysis) is 1. The number of nitrogens with zero attached hydrogens (tertiary/aromatic N) is 2. The van der Waals surface area contributed by atoms with E-state index in [4.69, 9.17) is 4.74 Å². The zero-order valence-corrected chi connectivity index (χ0v) is 16.9. The van der Waals surface area contributed by atoms with Gasteiger partial charge in [0.05, 0.1) is 6.04 Å². The quantitative estimate of drug-likeness (QED) is 0.630. The molecular weight excluding hydrogens is 340 g/mol. The van der Waals surface area contributed by atoms with Crippen molar-refractivity contribution in [3.8, 4) is 0 Å². The number of aliphatic imine (C=N–C) groups is 1. The molecule has 148 valence electrons. The molecule has 1 aliphatic heterocycles. The molecule has 1 amide bonds. The van der Waals surface area contributed by atoms with E-state index in [0.717, 1.165) is 32.0 Å². The number of hydrogen-bond acceptors (Lipinski definition) is 3. The standard InChI is InChI=1S/C21H32N4O2/c1-21(2,3)27-20(26)24-17-10-11-25(14-17)19(22-4)23-13-16-12-18(16)15-8-6-5-7-9-15/h5-9,16-18H,10-14H2,1-4H3,(H,22,23)(H,24,26). The van der Waals surface area contributed by atoms with Gasteiger partial charge in [-0.2, -0.15) is 0 Å². The molecule has 3 rings (SSSR count). The van der Waals surface area contributed by atoms with Crippen LogP contribution < -0.4 is 10.6 Å². The fourth-order valence-corrected chi connectivity index (χ4v) is 3.68. The first-order valence-corrected chi connectivity index (χ1v) is 9.86. The molecule has 6 heteroatoms. The van der Waals surface area contributed by atoms with Gasteiger partial charge in [0.1, 0.15) is 5.60 Å². The molecule has 3 unspecified atom stereocenters. The fraction of sp³-hybridized carbons (Fsp3) is 0.619. The maximum atomic E-state index is 12.0. The molecule has 2 fully saturated rings. The van der Waals surface area contributed by atoms with Crippen LogP contribution in [-0.4, -0.2) is 55.3 Å². The minimum Gasteiger partial charge on any atom is -0.444 e. The van der Waals surface area contributed by atoms with E-state index in [2.05, 4.69) is 50.9 Å². The molecule has 6 nitrogen and oxygen atoms in total. The van der Waals surface area contributed by atoms with Crippen LogP contribution in [0.1, 0.15) is 45.1 Å². The number of carbonyl (C=O) groups is 1. The van der Waals surface area contributed by atoms with Gasteiger partial charge in [-0.05, 0) is 51.0 Å². The lowest BCUT2D eigenvalue weighted by atomic mass is 10.1. The molecular formula is C21H32N4O2. The average molecular weight is 373 g/mol. The van der Waals surface area contributed by atoms with E-state index in [0.29, 0.717) is 11.8 Å². The molecule has 1 aromatic carbocycles. The molecule has 0 aromatic heterocycles. The number of ether oxygens (including phenoxy) is 1. The summed E-state index contributed by atoms with van der Waals surface area (Å²) < 4.78 is 5.35. The van der Waals surface area contributed by atoms with Crippen molar-refractivity contribution in [2.75, 3.05) is 26.7 Å². The van der Waals surface area contributed by atoms with Crippen LogP contribution in [0, 0.1) is 5.92 Å². The molecule has 27 heavy (non-hydrogen) atoms. The van der Waals surface area contributed by atoms with Gasteiger partial charge in [-0.15, -0.1) is 0 Å². The van der Waals surface area contributed by atoms with E-state index in [1.165, 1.54) is 12.0 Å². The van der Waals surface area contributed by atoms with Crippen LogP contribution in [0.25, 0.3) is 0 Å². The van der Waals surface area contributed by atoms with Crippen molar-refractivity contribution in [2.45, 2.75) is 51.2 Å². The highest BCUT2D eigenvalue weighted by Crippen LogP contribution is 2.46. The van der Waals surface area contributed by atoms with Crippen LogP contribution in [-0.2, 0) is 4.74 Å². The van der Waals surface area contributed by atoms with Gasteiger partial charge in [0, 0.05) is 26.7 Å². The van der Waals surface area contributed by atoms with E-state index < -0.39 is 5.60 Å². The number of nitrogens with one attached hydrogen (secondary N) is 2. The monoisotopic (exact) mass is 372 g/mol. The molecule has 3 atom stereocenters. The Morgan fingerprint density at radius 3 is 2.70 bits per heavy atom. The molecule has 1 heterocycles. The van der Waals surface area contributed by atoms with Gasteiger partial charge in [0.2, 0.25) is 0 Å². The van der Waals surface area contributed by atoms with Crippen LogP contribution in [0.2, 0.25) is 0 Å². The van der Waals surface area contributed by atoms with Gasteiger partial charge in [0.25, 0.3) is 0 Å². The Morgan fingerprint density at radius 1 is 1.30 bits per heavy atom. The van der Waals surface area contributed by atoms with Crippen molar-refractivity contribution in [3.05, 3.63) is 35.9 Å². The van der Waals surface area contributed by atoms with Crippen molar-refractivity contribution >= 4 is 12.1 Å². The van der Waals surface area contributed by atoms with Crippen molar-refractivity contribution in [1.29, 1.82) is 0 Å². The number of benzene rings is 1. The largest absolute Gasteiger partial charge is 0.444 e. The summed E-state index contributed by atoms with van der Waals surface area (Å²) in [6.45, 7) is 8.20. The van der Waals surface area contributed by atoms with Crippen molar-refractivity contribution < 1.29 is 9.53 Å². The number of rotatable bonds is 4. The van der Waals surface area contributed by atoms with Gasteiger partial charge in [-0.3, -0.25) is 4.99 Å². The summed E-state index contributed by atoms with van der Waals surface area (Å²) in [5, 5.41) is 6.48. The van der Waals surface area contributed by atoms with E-state index in [9.17, 15) is 4.79 Å². The lowest BCUT2D eigenvalue weighted by Crippen LogP contribution is -2.44. The van der Waals surface area contributed by atoms with E-state index in [1.807, 2.05) is 27.8 Å². The maximum Gasteiger partial charge on any atom is 0.407 e. The average Bonchev–Trinajstić information content (AvgIpc) is 3.25. The Labute approximate surface area is 162 Å². The Balaban J connectivity index is 1.42. The summed E-state index contributed by atoms with van der Waals surface area (Å²) in [6.07, 6.45) is 1.79. The summed E-state index contributed by atoms with van der Waals surface area (Å²) in [5.41, 5.74) is 0.960. The number of carbonyl (C=O) groups excluding carboxylic acids is 1. The third-order valence-electron chi connectivity index (χ3n) is 5.09. The van der Waals surface area contributed by atoms with Crippen molar-refractivity contribution in [1.82, 2.24) is 15.5 Å².